The smallest absolute Gasteiger partial charge is 0.0554 e. The van der Waals surface area contributed by atoms with Crippen molar-refractivity contribution < 1.29 is 0 Å². The Morgan fingerprint density at radius 2 is 1.66 bits per heavy atom. The summed E-state index contributed by atoms with van der Waals surface area (Å²) in [6, 6.07) is 33.4. The van der Waals surface area contributed by atoms with E-state index in [2.05, 4.69) is 119 Å². The summed E-state index contributed by atoms with van der Waals surface area (Å²) in [6.45, 7) is 3.21. The second-order valence-corrected chi connectivity index (χ2v) is 9.81. The van der Waals surface area contributed by atoms with Crippen LogP contribution in [0.3, 0.4) is 0 Å². The Kier molecular flexibility index (Phi) is 4.70. The first-order chi connectivity index (χ1) is 17.3. The molecule has 1 aliphatic carbocycles. The van der Waals surface area contributed by atoms with Crippen LogP contribution in [0.5, 0.6) is 0 Å². The zero-order chi connectivity index (χ0) is 23.4. The fourth-order valence-corrected chi connectivity index (χ4v) is 6.30. The lowest BCUT2D eigenvalue weighted by Crippen LogP contribution is -2.29. The number of nitrogens with zero attached hydrogens (tertiary/aromatic N) is 1. The largest absolute Gasteiger partial charge is 0.378 e. The van der Waals surface area contributed by atoms with Crippen molar-refractivity contribution in [2.24, 2.45) is 5.92 Å². The summed E-state index contributed by atoms with van der Waals surface area (Å²) in [4.78, 5) is 0. The van der Waals surface area contributed by atoms with E-state index in [1.807, 2.05) is 6.07 Å². The predicted octanol–water partition coefficient (Wildman–Crippen LogP) is 8.38. The van der Waals surface area contributed by atoms with E-state index in [0.717, 1.165) is 24.3 Å². The molecule has 2 heterocycles. The zero-order valence-corrected chi connectivity index (χ0v) is 19.9. The molecule has 7 rings (SSSR count). The highest BCUT2D eigenvalue weighted by molar-refractivity contribution is 6.08. The maximum atomic E-state index is 3.93. The van der Waals surface area contributed by atoms with Gasteiger partial charge in [0.25, 0.3) is 0 Å². The van der Waals surface area contributed by atoms with E-state index in [9.17, 15) is 0 Å². The van der Waals surface area contributed by atoms with E-state index in [1.165, 1.54) is 38.6 Å². The number of aryl methyl sites for hydroxylation is 1. The minimum atomic E-state index is 0.295. The van der Waals surface area contributed by atoms with E-state index in [1.54, 1.807) is 0 Å². The van der Waals surface area contributed by atoms with E-state index in [0.29, 0.717) is 17.9 Å². The summed E-state index contributed by atoms with van der Waals surface area (Å²) in [6.07, 6.45) is 5.90. The second-order valence-electron chi connectivity index (χ2n) is 9.81. The summed E-state index contributed by atoms with van der Waals surface area (Å²) >= 11 is 0. The monoisotopic (exact) mass is 455 g/mol. The third kappa shape index (κ3) is 3.26. The number of aromatic nitrogens is 1. The lowest BCUT2D eigenvalue weighted by atomic mass is 9.76. The summed E-state index contributed by atoms with van der Waals surface area (Å²) in [7, 11) is 0. The fourth-order valence-electron chi connectivity index (χ4n) is 6.30. The van der Waals surface area contributed by atoms with Crippen molar-refractivity contribution >= 4 is 38.9 Å². The average Bonchev–Trinajstić information content (AvgIpc) is 3.52. The van der Waals surface area contributed by atoms with Gasteiger partial charge in [-0.25, -0.2) is 0 Å². The first kappa shape index (κ1) is 20.4. The maximum absolute atomic E-state index is 3.93. The number of para-hydroxylation sites is 2. The molecule has 35 heavy (non-hydrogen) atoms. The van der Waals surface area contributed by atoms with Gasteiger partial charge < -0.3 is 15.2 Å². The van der Waals surface area contributed by atoms with Crippen molar-refractivity contribution in [2.75, 3.05) is 10.6 Å². The summed E-state index contributed by atoms with van der Waals surface area (Å²) in [5, 5.41) is 10.2. The van der Waals surface area contributed by atoms with Crippen LogP contribution in [0.15, 0.2) is 103 Å². The number of allylic oxidation sites excluding steroid dienone is 2. The van der Waals surface area contributed by atoms with Crippen LogP contribution in [-0.2, 0) is 6.54 Å². The van der Waals surface area contributed by atoms with Crippen molar-refractivity contribution in [2.45, 2.75) is 31.8 Å². The van der Waals surface area contributed by atoms with Crippen LogP contribution in [0.4, 0.5) is 17.1 Å². The van der Waals surface area contributed by atoms with Gasteiger partial charge in [0.2, 0.25) is 0 Å². The van der Waals surface area contributed by atoms with Gasteiger partial charge in [0.05, 0.1) is 6.04 Å². The third-order valence-electron chi connectivity index (χ3n) is 7.90. The molecule has 172 valence electrons. The number of fused-ring (bicyclic) bond motifs is 6. The van der Waals surface area contributed by atoms with Crippen LogP contribution in [0.2, 0.25) is 0 Å². The molecule has 5 aromatic rings. The lowest BCUT2D eigenvalue weighted by molar-refractivity contribution is 0.426. The number of hydrogen-bond donors (Lipinski definition) is 2. The van der Waals surface area contributed by atoms with Crippen molar-refractivity contribution in [3.8, 4) is 0 Å². The Labute approximate surface area is 206 Å². The van der Waals surface area contributed by atoms with Gasteiger partial charge in [0.15, 0.2) is 0 Å². The van der Waals surface area contributed by atoms with Crippen LogP contribution in [-0.4, -0.2) is 4.57 Å². The van der Waals surface area contributed by atoms with Gasteiger partial charge in [0, 0.05) is 51.3 Å². The standard InChI is InChI=1S/C32H29N3/c1-2-35-30-14-7-6-11-25(30)28-19-21(15-18-31(28)35)32-26-13-8-12-24(26)27-20-23(16-17-29(27)34-32)33-22-9-4-3-5-10-22/h3-12,14-20,24,26,32-34H,2,13H2,1H3. The van der Waals surface area contributed by atoms with Crippen LogP contribution < -0.4 is 10.6 Å². The van der Waals surface area contributed by atoms with Crippen LogP contribution in [0.1, 0.15) is 36.4 Å². The molecular weight excluding hydrogens is 426 g/mol. The molecular formula is C32H29N3. The molecule has 0 saturated heterocycles. The number of benzene rings is 4. The topological polar surface area (TPSA) is 29.0 Å². The highest BCUT2D eigenvalue weighted by atomic mass is 15.0. The molecule has 0 spiro atoms. The van der Waals surface area contributed by atoms with E-state index < -0.39 is 0 Å². The molecule has 3 unspecified atom stereocenters. The quantitative estimate of drug-likeness (QED) is 0.266. The Morgan fingerprint density at radius 3 is 2.54 bits per heavy atom. The lowest BCUT2D eigenvalue weighted by Gasteiger charge is -2.38. The molecule has 1 aromatic heterocycles. The van der Waals surface area contributed by atoms with Gasteiger partial charge >= 0.3 is 0 Å². The molecule has 0 saturated carbocycles. The highest BCUT2D eigenvalue weighted by Crippen LogP contribution is 2.51. The van der Waals surface area contributed by atoms with Crippen molar-refractivity contribution in [3.63, 3.8) is 0 Å². The zero-order valence-electron chi connectivity index (χ0n) is 19.9. The van der Waals surface area contributed by atoms with Crippen LogP contribution >= 0.6 is 0 Å². The van der Waals surface area contributed by atoms with Gasteiger partial charge in [-0.3, -0.25) is 0 Å². The van der Waals surface area contributed by atoms with Crippen LogP contribution in [0, 0.1) is 5.92 Å². The molecule has 0 radical (unpaired) electrons. The normalized spacial score (nSPS) is 20.5. The third-order valence-corrected chi connectivity index (χ3v) is 7.90. The minimum absolute atomic E-state index is 0.295. The molecule has 4 aromatic carbocycles. The van der Waals surface area contributed by atoms with E-state index >= 15 is 0 Å². The SMILES string of the molecule is CCn1c2ccccc2c2cc(C3Nc4ccc(Nc5ccccc5)cc4C4C=CCC43)ccc21. The second kappa shape index (κ2) is 8.06. The summed E-state index contributed by atoms with van der Waals surface area (Å²) in [5.74, 6) is 0.952. The first-order valence-corrected chi connectivity index (χ1v) is 12.7. The van der Waals surface area contributed by atoms with E-state index in [-0.39, 0.29) is 0 Å². The van der Waals surface area contributed by atoms with Crippen LogP contribution in [0.25, 0.3) is 21.8 Å². The van der Waals surface area contributed by atoms with Crippen molar-refractivity contribution in [1.82, 2.24) is 4.57 Å². The molecule has 3 heteroatoms. The molecule has 3 nitrogen and oxygen atoms in total. The van der Waals surface area contributed by atoms with Gasteiger partial charge in [0.1, 0.15) is 0 Å². The molecule has 0 amide bonds. The first-order valence-electron chi connectivity index (χ1n) is 12.7. The number of rotatable bonds is 4. The molecule has 1 aliphatic heterocycles. The predicted molar refractivity (Wildman–Crippen MR) is 148 cm³/mol. The number of hydrogen-bond acceptors (Lipinski definition) is 2. The Bertz CT molecular complexity index is 1580. The average molecular weight is 456 g/mol. The summed E-state index contributed by atoms with van der Waals surface area (Å²) in [5.41, 5.74) is 8.93. The van der Waals surface area contributed by atoms with Gasteiger partial charge in [-0.2, -0.15) is 0 Å². The summed E-state index contributed by atoms with van der Waals surface area (Å²) < 4.78 is 2.43. The fraction of sp³-hybridized carbons (Fsp3) is 0.188. The number of nitrogens with one attached hydrogen (secondary N) is 2. The number of anilines is 3. The van der Waals surface area contributed by atoms with Gasteiger partial charge in [-0.15, -0.1) is 0 Å². The van der Waals surface area contributed by atoms with Gasteiger partial charge in [-0.05, 0) is 78.9 Å². The Morgan fingerprint density at radius 1 is 0.829 bits per heavy atom. The Balaban J connectivity index is 1.28. The maximum Gasteiger partial charge on any atom is 0.0554 e. The van der Waals surface area contributed by atoms with Crippen molar-refractivity contribution in [3.05, 3.63) is 114 Å². The minimum Gasteiger partial charge on any atom is -0.378 e. The molecule has 0 bridgehead atoms. The van der Waals surface area contributed by atoms with E-state index in [4.69, 9.17) is 0 Å². The molecule has 2 N–H and O–H groups in total. The Hall–Kier alpha value is -3.98. The molecule has 0 fully saturated rings. The van der Waals surface area contributed by atoms with Gasteiger partial charge in [-0.1, -0.05) is 54.6 Å². The highest BCUT2D eigenvalue weighted by Gasteiger charge is 2.38. The molecule has 3 atom stereocenters. The van der Waals surface area contributed by atoms with Crippen molar-refractivity contribution in [1.29, 1.82) is 0 Å². The molecule has 2 aliphatic rings.